The zero-order valence-electron chi connectivity index (χ0n) is 11.5. The molecule has 102 valence electrons. The summed E-state index contributed by atoms with van der Waals surface area (Å²) in [5.74, 6) is 0. The Bertz CT molecular complexity index is 548. The van der Waals surface area contributed by atoms with Crippen molar-refractivity contribution in [2.24, 2.45) is 0 Å². The molecule has 1 N–H and O–H groups in total. The average molecular weight is 323 g/mol. The fraction of sp³-hybridized carbons (Fsp3) is 0.357. The van der Waals surface area contributed by atoms with Crippen LogP contribution >= 0.6 is 15.9 Å². The van der Waals surface area contributed by atoms with Crippen LogP contribution in [0.25, 0.3) is 0 Å². The van der Waals surface area contributed by atoms with Crippen LogP contribution < -0.4 is 10.2 Å². The lowest BCUT2D eigenvalue weighted by Gasteiger charge is -2.19. The molecule has 19 heavy (non-hydrogen) atoms. The van der Waals surface area contributed by atoms with Crippen molar-refractivity contribution < 1.29 is 0 Å². The van der Waals surface area contributed by atoms with Gasteiger partial charge in [-0.2, -0.15) is 5.10 Å². The summed E-state index contributed by atoms with van der Waals surface area (Å²) in [7, 11) is 4.09. The summed E-state index contributed by atoms with van der Waals surface area (Å²) in [6.45, 7) is 3.76. The summed E-state index contributed by atoms with van der Waals surface area (Å²) in [5, 5.41) is 7.76. The van der Waals surface area contributed by atoms with E-state index in [0.717, 1.165) is 23.2 Å². The maximum Gasteiger partial charge on any atom is 0.0597 e. The van der Waals surface area contributed by atoms with Gasteiger partial charge >= 0.3 is 0 Å². The second-order valence-corrected chi connectivity index (χ2v) is 5.46. The minimum Gasteiger partial charge on any atom is -0.378 e. The molecule has 0 radical (unpaired) electrons. The number of hydrogen-bond acceptors (Lipinski definition) is 3. The zero-order valence-corrected chi connectivity index (χ0v) is 13.1. The molecule has 0 fully saturated rings. The molecule has 0 spiro atoms. The van der Waals surface area contributed by atoms with E-state index in [2.05, 4.69) is 56.4 Å². The molecule has 2 rings (SSSR count). The Labute approximate surface area is 122 Å². The van der Waals surface area contributed by atoms with E-state index in [1.165, 1.54) is 11.4 Å². The molecule has 0 bridgehead atoms. The lowest BCUT2D eigenvalue weighted by atomic mass is 10.2. The number of nitrogens with one attached hydrogen (secondary N) is 1. The second-order valence-electron chi connectivity index (χ2n) is 4.55. The molecular weight excluding hydrogens is 304 g/mol. The third-order valence-corrected chi connectivity index (χ3v) is 3.50. The molecule has 0 saturated carbocycles. The van der Waals surface area contributed by atoms with E-state index in [4.69, 9.17) is 0 Å². The summed E-state index contributed by atoms with van der Waals surface area (Å²) < 4.78 is 3.07. The minimum absolute atomic E-state index is 0.769. The van der Waals surface area contributed by atoms with E-state index >= 15 is 0 Å². The van der Waals surface area contributed by atoms with Crippen molar-refractivity contribution in [3.8, 4) is 0 Å². The van der Waals surface area contributed by atoms with Crippen LogP contribution in [0.2, 0.25) is 0 Å². The standard InChI is InChI=1S/C14H19BrN4/c1-4-19-12(7-8-17-19)10-16-13-9-11(15)5-6-14(13)18(2)3/h5-9,16H,4,10H2,1-3H3. The topological polar surface area (TPSA) is 33.1 Å². The monoisotopic (exact) mass is 322 g/mol. The molecule has 4 nitrogen and oxygen atoms in total. The molecule has 5 heteroatoms. The van der Waals surface area contributed by atoms with Crippen LogP contribution in [0, 0.1) is 0 Å². The molecule has 0 atom stereocenters. The van der Waals surface area contributed by atoms with Gasteiger partial charge in [0.05, 0.1) is 23.6 Å². The van der Waals surface area contributed by atoms with Gasteiger partial charge in [0.25, 0.3) is 0 Å². The van der Waals surface area contributed by atoms with Crippen LogP contribution in [0.1, 0.15) is 12.6 Å². The van der Waals surface area contributed by atoms with E-state index in [0.29, 0.717) is 0 Å². The van der Waals surface area contributed by atoms with Gasteiger partial charge in [-0.25, -0.2) is 0 Å². The van der Waals surface area contributed by atoms with Crippen molar-refractivity contribution in [2.75, 3.05) is 24.3 Å². The summed E-state index contributed by atoms with van der Waals surface area (Å²) >= 11 is 3.52. The molecule has 2 aromatic rings. The Morgan fingerprint density at radius 1 is 1.32 bits per heavy atom. The number of halogens is 1. The molecule has 1 aromatic heterocycles. The quantitative estimate of drug-likeness (QED) is 0.916. The van der Waals surface area contributed by atoms with Crippen molar-refractivity contribution >= 4 is 27.3 Å². The SMILES string of the molecule is CCn1nccc1CNc1cc(Br)ccc1N(C)C. The Kier molecular flexibility index (Phi) is 4.47. The van der Waals surface area contributed by atoms with Crippen molar-refractivity contribution in [1.82, 2.24) is 9.78 Å². The molecule has 0 aliphatic carbocycles. The van der Waals surface area contributed by atoms with Gasteiger partial charge in [0, 0.05) is 31.3 Å². The Morgan fingerprint density at radius 3 is 2.79 bits per heavy atom. The van der Waals surface area contributed by atoms with Gasteiger partial charge in [-0.15, -0.1) is 0 Å². The Balaban J connectivity index is 2.17. The molecule has 0 saturated heterocycles. The number of anilines is 2. The summed E-state index contributed by atoms with van der Waals surface area (Å²) in [6.07, 6.45) is 1.84. The van der Waals surface area contributed by atoms with E-state index in [1.807, 2.05) is 31.0 Å². The molecule has 0 amide bonds. The first-order valence-corrected chi connectivity index (χ1v) is 7.12. The van der Waals surface area contributed by atoms with Crippen LogP contribution in [0.5, 0.6) is 0 Å². The predicted octanol–water partition coefficient (Wildman–Crippen LogP) is 3.34. The molecule has 1 aromatic carbocycles. The maximum absolute atomic E-state index is 4.28. The number of hydrogen-bond donors (Lipinski definition) is 1. The normalized spacial score (nSPS) is 10.5. The molecular formula is C14H19BrN4. The minimum atomic E-state index is 0.769. The first kappa shape index (κ1) is 13.9. The van der Waals surface area contributed by atoms with Gasteiger partial charge in [-0.3, -0.25) is 4.68 Å². The van der Waals surface area contributed by atoms with Crippen molar-refractivity contribution in [2.45, 2.75) is 20.0 Å². The average Bonchev–Trinajstić information content (AvgIpc) is 2.83. The van der Waals surface area contributed by atoms with Gasteiger partial charge in [-0.05, 0) is 31.2 Å². The second kappa shape index (κ2) is 6.10. The Hall–Kier alpha value is -1.49. The van der Waals surface area contributed by atoms with Crippen LogP contribution in [-0.2, 0) is 13.1 Å². The number of rotatable bonds is 5. The van der Waals surface area contributed by atoms with Gasteiger partial charge < -0.3 is 10.2 Å². The zero-order chi connectivity index (χ0) is 13.8. The number of nitrogens with zero attached hydrogens (tertiary/aromatic N) is 3. The highest BCUT2D eigenvalue weighted by molar-refractivity contribution is 9.10. The number of aryl methyl sites for hydroxylation is 1. The highest BCUT2D eigenvalue weighted by Crippen LogP contribution is 2.28. The number of aromatic nitrogens is 2. The lowest BCUT2D eigenvalue weighted by molar-refractivity contribution is 0.627. The van der Waals surface area contributed by atoms with Crippen molar-refractivity contribution in [3.63, 3.8) is 0 Å². The molecule has 0 unspecified atom stereocenters. The van der Waals surface area contributed by atoms with Crippen LogP contribution in [0.4, 0.5) is 11.4 Å². The first-order valence-electron chi connectivity index (χ1n) is 6.33. The largest absolute Gasteiger partial charge is 0.378 e. The summed E-state index contributed by atoms with van der Waals surface area (Å²) in [5.41, 5.74) is 3.47. The third-order valence-electron chi connectivity index (χ3n) is 3.00. The summed E-state index contributed by atoms with van der Waals surface area (Å²) in [4.78, 5) is 2.10. The van der Waals surface area contributed by atoms with Crippen LogP contribution in [-0.4, -0.2) is 23.9 Å². The third kappa shape index (κ3) is 3.29. The van der Waals surface area contributed by atoms with E-state index in [1.54, 1.807) is 0 Å². The molecule has 0 aliphatic rings. The highest BCUT2D eigenvalue weighted by Gasteiger charge is 2.06. The van der Waals surface area contributed by atoms with E-state index < -0.39 is 0 Å². The van der Waals surface area contributed by atoms with Gasteiger partial charge in [0.1, 0.15) is 0 Å². The van der Waals surface area contributed by atoms with Gasteiger partial charge in [0.2, 0.25) is 0 Å². The number of benzene rings is 1. The summed E-state index contributed by atoms with van der Waals surface area (Å²) in [6, 6.07) is 8.30. The lowest BCUT2D eigenvalue weighted by Crippen LogP contribution is -2.13. The molecule has 1 heterocycles. The van der Waals surface area contributed by atoms with Crippen molar-refractivity contribution in [1.29, 1.82) is 0 Å². The first-order chi connectivity index (χ1) is 9.11. The maximum atomic E-state index is 4.28. The van der Waals surface area contributed by atoms with E-state index in [9.17, 15) is 0 Å². The van der Waals surface area contributed by atoms with Crippen molar-refractivity contribution in [3.05, 3.63) is 40.6 Å². The van der Waals surface area contributed by atoms with E-state index in [-0.39, 0.29) is 0 Å². The van der Waals surface area contributed by atoms with Crippen LogP contribution in [0.15, 0.2) is 34.9 Å². The van der Waals surface area contributed by atoms with Gasteiger partial charge in [0.15, 0.2) is 0 Å². The Morgan fingerprint density at radius 2 is 2.11 bits per heavy atom. The molecule has 0 aliphatic heterocycles. The van der Waals surface area contributed by atoms with Gasteiger partial charge in [-0.1, -0.05) is 15.9 Å². The smallest absolute Gasteiger partial charge is 0.0597 e. The predicted molar refractivity (Wildman–Crippen MR) is 83.7 cm³/mol. The fourth-order valence-corrected chi connectivity index (χ4v) is 2.38. The van der Waals surface area contributed by atoms with Crippen LogP contribution in [0.3, 0.4) is 0 Å². The highest BCUT2D eigenvalue weighted by atomic mass is 79.9. The fourth-order valence-electron chi connectivity index (χ4n) is 2.02.